The van der Waals surface area contributed by atoms with Gasteiger partial charge in [0.05, 0.1) is 12.6 Å². The Balaban J connectivity index is 1.99. The molecule has 2 aliphatic rings. The largest absolute Gasteiger partial charge is 0.392 e. The van der Waals surface area contributed by atoms with Gasteiger partial charge in [-0.2, -0.15) is 0 Å². The van der Waals surface area contributed by atoms with Gasteiger partial charge in [0.15, 0.2) is 5.96 Å². The van der Waals surface area contributed by atoms with Gasteiger partial charge < -0.3 is 15.3 Å². The number of nitrogens with one attached hydrogen (secondary N) is 1. The van der Waals surface area contributed by atoms with Crippen molar-refractivity contribution < 1.29 is 5.11 Å². The fraction of sp³-hybridized carbons (Fsp3) is 0.941. The minimum Gasteiger partial charge on any atom is -0.392 e. The van der Waals surface area contributed by atoms with E-state index in [1.807, 2.05) is 0 Å². The van der Waals surface area contributed by atoms with E-state index in [1.54, 1.807) is 0 Å². The first-order valence-corrected chi connectivity index (χ1v) is 8.76. The molecule has 0 radical (unpaired) electrons. The third-order valence-electron chi connectivity index (χ3n) is 5.29. The number of piperidine rings is 1. The van der Waals surface area contributed by atoms with E-state index in [0.29, 0.717) is 0 Å². The first-order valence-electron chi connectivity index (χ1n) is 8.76. The average Bonchev–Trinajstić information content (AvgIpc) is 2.48. The Morgan fingerprint density at radius 2 is 2.00 bits per heavy atom. The van der Waals surface area contributed by atoms with E-state index in [9.17, 15) is 5.11 Å². The molecule has 0 spiro atoms. The van der Waals surface area contributed by atoms with Crippen molar-refractivity contribution in [1.29, 1.82) is 0 Å². The van der Waals surface area contributed by atoms with Gasteiger partial charge in [0.1, 0.15) is 0 Å². The molecule has 2 rings (SSSR count). The summed E-state index contributed by atoms with van der Waals surface area (Å²) in [5, 5.41) is 13.7. The molecule has 1 aliphatic heterocycles. The van der Waals surface area contributed by atoms with Crippen LogP contribution in [0.1, 0.15) is 59.3 Å². The lowest BCUT2D eigenvalue weighted by molar-refractivity contribution is 0.00700. The third kappa shape index (κ3) is 4.35. The summed E-state index contributed by atoms with van der Waals surface area (Å²) in [7, 11) is 0. The monoisotopic (exact) mass is 295 g/mol. The van der Waals surface area contributed by atoms with Gasteiger partial charge in [0, 0.05) is 25.0 Å². The fourth-order valence-corrected chi connectivity index (χ4v) is 3.47. The lowest BCUT2D eigenvalue weighted by Crippen LogP contribution is -2.46. The molecule has 21 heavy (non-hydrogen) atoms. The summed E-state index contributed by atoms with van der Waals surface area (Å²) in [4.78, 5) is 7.27. The quantitative estimate of drug-likeness (QED) is 0.621. The molecule has 4 heteroatoms. The minimum absolute atomic E-state index is 0.0397. The van der Waals surface area contributed by atoms with Gasteiger partial charge in [-0.25, -0.2) is 0 Å². The van der Waals surface area contributed by atoms with Crippen LogP contribution in [0.5, 0.6) is 0 Å². The number of aliphatic imine (C=N–C) groups is 1. The van der Waals surface area contributed by atoms with Crippen LogP contribution in [0.3, 0.4) is 0 Å². The standard InChI is InChI=1S/C17H33N3O/c1-4-18-16(20-11-8-14(2)9-12-20)19-13-17(3)10-6-5-7-15(17)21/h14-15,21H,4-13H2,1-3H3,(H,18,19). The molecule has 2 N–H and O–H groups in total. The Labute approximate surface area is 130 Å². The smallest absolute Gasteiger partial charge is 0.193 e. The summed E-state index contributed by atoms with van der Waals surface area (Å²) >= 11 is 0. The number of guanidine groups is 1. The average molecular weight is 295 g/mol. The van der Waals surface area contributed by atoms with Gasteiger partial charge in [-0.05, 0) is 38.5 Å². The lowest BCUT2D eigenvalue weighted by atomic mass is 9.73. The summed E-state index contributed by atoms with van der Waals surface area (Å²) in [5.74, 6) is 1.88. The highest BCUT2D eigenvalue weighted by molar-refractivity contribution is 5.80. The molecule has 1 heterocycles. The Bertz CT molecular complexity index is 350. The van der Waals surface area contributed by atoms with Crippen LogP contribution in [0.25, 0.3) is 0 Å². The van der Waals surface area contributed by atoms with Crippen LogP contribution in [-0.4, -0.2) is 48.2 Å². The first-order chi connectivity index (χ1) is 10.0. The van der Waals surface area contributed by atoms with Crippen molar-refractivity contribution in [3.05, 3.63) is 0 Å². The molecular weight excluding hydrogens is 262 g/mol. The van der Waals surface area contributed by atoms with Crippen LogP contribution in [0.4, 0.5) is 0 Å². The van der Waals surface area contributed by atoms with Gasteiger partial charge >= 0.3 is 0 Å². The maximum atomic E-state index is 10.3. The first kappa shape index (κ1) is 16.6. The van der Waals surface area contributed by atoms with Crippen LogP contribution in [0.2, 0.25) is 0 Å². The topological polar surface area (TPSA) is 47.9 Å². The van der Waals surface area contributed by atoms with Gasteiger partial charge in [-0.3, -0.25) is 4.99 Å². The molecule has 0 amide bonds. The molecule has 122 valence electrons. The molecule has 1 aliphatic carbocycles. The van der Waals surface area contributed by atoms with E-state index in [2.05, 4.69) is 31.0 Å². The van der Waals surface area contributed by atoms with Crippen molar-refractivity contribution in [3.8, 4) is 0 Å². The molecule has 2 fully saturated rings. The van der Waals surface area contributed by atoms with E-state index in [1.165, 1.54) is 19.3 Å². The Morgan fingerprint density at radius 1 is 1.29 bits per heavy atom. The van der Waals surface area contributed by atoms with E-state index >= 15 is 0 Å². The van der Waals surface area contributed by atoms with Crippen LogP contribution in [-0.2, 0) is 0 Å². The SMILES string of the molecule is CCNC(=NCC1(C)CCCCC1O)N1CCC(C)CC1. The number of aliphatic hydroxyl groups is 1. The zero-order chi connectivity index (χ0) is 15.3. The van der Waals surface area contributed by atoms with Crippen molar-refractivity contribution in [1.82, 2.24) is 10.2 Å². The summed E-state index contributed by atoms with van der Waals surface area (Å²) < 4.78 is 0. The van der Waals surface area contributed by atoms with Crippen molar-refractivity contribution in [3.63, 3.8) is 0 Å². The predicted octanol–water partition coefficient (Wildman–Crippen LogP) is 2.63. The van der Waals surface area contributed by atoms with Crippen LogP contribution in [0.15, 0.2) is 4.99 Å². The number of likely N-dealkylation sites (tertiary alicyclic amines) is 1. The Kier molecular flexibility index (Phi) is 5.91. The fourth-order valence-electron chi connectivity index (χ4n) is 3.47. The van der Waals surface area contributed by atoms with E-state index < -0.39 is 0 Å². The molecular formula is C17H33N3O. The van der Waals surface area contributed by atoms with Crippen molar-refractivity contribution in [2.75, 3.05) is 26.2 Å². The number of nitrogens with zero attached hydrogens (tertiary/aromatic N) is 2. The predicted molar refractivity (Wildman–Crippen MR) is 88.5 cm³/mol. The molecule has 0 bridgehead atoms. The highest BCUT2D eigenvalue weighted by Gasteiger charge is 2.35. The maximum Gasteiger partial charge on any atom is 0.193 e. The highest BCUT2D eigenvalue weighted by Crippen LogP contribution is 2.36. The zero-order valence-electron chi connectivity index (χ0n) is 14.1. The Morgan fingerprint density at radius 3 is 2.62 bits per heavy atom. The van der Waals surface area contributed by atoms with Crippen molar-refractivity contribution >= 4 is 5.96 Å². The lowest BCUT2D eigenvalue weighted by Gasteiger charge is -2.38. The second-order valence-corrected chi connectivity index (χ2v) is 7.26. The highest BCUT2D eigenvalue weighted by atomic mass is 16.3. The minimum atomic E-state index is -0.195. The zero-order valence-corrected chi connectivity index (χ0v) is 14.1. The summed E-state index contributed by atoms with van der Waals surface area (Å²) in [5.41, 5.74) is -0.0397. The molecule has 2 unspecified atom stereocenters. The molecule has 1 saturated carbocycles. The van der Waals surface area contributed by atoms with E-state index in [-0.39, 0.29) is 11.5 Å². The third-order valence-corrected chi connectivity index (χ3v) is 5.29. The van der Waals surface area contributed by atoms with Gasteiger partial charge in [-0.15, -0.1) is 0 Å². The number of hydrogen-bond acceptors (Lipinski definition) is 2. The van der Waals surface area contributed by atoms with Crippen LogP contribution < -0.4 is 5.32 Å². The van der Waals surface area contributed by atoms with E-state index in [4.69, 9.17) is 4.99 Å². The second-order valence-electron chi connectivity index (χ2n) is 7.26. The van der Waals surface area contributed by atoms with Crippen LogP contribution in [0, 0.1) is 11.3 Å². The van der Waals surface area contributed by atoms with Crippen molar-refractivity contribution in [2.45, 2.75) is 65.4 Å². The second kappa shape index (κ2) is 7.48. The van der Waals surface area contributed by atoms with Gasteiger partial charge in [-0.1, -0.05) is 26.7 Å². The molecule has 2 atom stereocenters. The summed E-state index contributed by atoms with van der Waals surface area (Å²) in [6.45, 7) is 10.5. The van der Waals surface area contributed by atoms with E-state index in [0.717, 1.165) is 57.3 Å². The van der Waals surface area contributed by atoms with Gasteiger partial charge in [0.2, 0.25) is 0 Å². The Hall–Kier alpha value is -0.770. The van der Waals surface area contributed by atoms with Gasteiger partial charge in [0.25, 0.3) is 0 Å². The molecule has 0 aromatic heterocycles. The molecule has 1 saturated heterocycles. The summed E-state index contributed by atoms with van der Waals surface area (Å²) in [6, 6.07) is 0. The van der Waals surface area contributed by atoms with Crippen molar-refractivity contribution in [2.24, 2.45) is 16.3 Å². The number of hydrogen-bond donors (Lipinski definition) is 2. The number of aliphatic hydroxyl groups excluding tert-OH is 1. The number of rotatable bonds is 3. The maximum absolute atomic E-state index is 10.3. The summed E-state index contributed by atoms with van der Waals surface area (Å²) in [6.07, 6.45) is 6.72. The molecule has 0 aromatic carbocycles. The van der Waals surface area contributed by atoms with Crippen LogP contribution >= 0.6 is 0 Å². The normalized spacial score (nSPS) is 32.3. The molecule has 4 nitrogen and oxygen atoms in total. The molecule has 0 aromatic rings.